The number of amides is 1. The van der Waals surface area contributed by atoms with Gasteiger partial charge in [0.15, 0.2) is 0 Å². The second-order valence-electron chi connectivity index (χ2n) is 6.34. The van der Waals surface area contributed by atoms with E-state index >= 15 is 0 Å². The normalized spacial score (nSPS) is 10.3. The minimum absolute atomic E-state index is 0.140. The zero-order valence-electron chi connectivity index (χ0n) is 16.4. The van der Waals surface area contributed by atoms with E-state index in [2.05, 4.69) is 6.58 Å². The molecular formula is C23H21NO5S. The third kappa shape index (κ3) is 5.07. The van der Waals surface area contributed by atoms with Crippen LogP contribution in [0, 0.1) is 0 Å². The first-order valence-corrected chi connectivity index (χ1v) is 9.97. The predicted octanol–water partition coefficient (Wildman–Crippen LogP) is 5.24. The van der Waals surface area contributed by atoms with Crippen LogP contribution in [0.3, 0.4) is 0 Å². The number of nitrogens with zero attached hydrogens (tertiary/aromatic N) is 1. The lowest BCUT2D eigenvalue weighted by atomic mass is 10.1. The van der Waals surface area contributed by atoms with Gasteiger partial charge < -0.3 is 19.5 Å². The Labute approximate surface area is 178 Å². The van der Waals surface area contributed by atoms with E-state index in [0.29, 0.717) is 11.4 Å². The highest BCUT2D eigenvalue weighted by Crippen LogP contribution is 2.43. The van der Waals surface area contributed by atoms with Gasteiger partial charge in [0.1, 0.15) is 5.75 Å². The van der Waals surface area contributed by atoms with E-state index in [1.54, 1.807) is 31.4 Å². The van der Waals surface area contributed by atoms with Crippen molar-refractivity contribution in [1.29, 1.82) is 0 Å². The molecule has 0 saturated heterocycles. The van der Waals surface area contributed by atoms with Crippen LogP contribution in [-0.4, -0.2) is 30.8 Å². The average Bonchev–Trinajstić information content (AvgIpc) is 3.15. The fraction of sp³-hybridized carbons (Fsp3) is 0.130. The van der Waals surface area contributed by atoms with Gasteiger partial charge in [-0.3, -0.25) is 4.79 Å². The number of hydrogen-bond donors (Lipinski definition) is 1. The zero-order valence-corrected chi connectivity index (χ0v) is 17.2. The molecule has 2 aromatic carbocycles. The van der Waals surface area contributed by atoms with Crippen LogP contribution < -0.4 is 14.4 Å². The molecule has 0 aliphatic rings. The van der Waals surface area contributed by atoms with Crippen LogP contribution in [0.25, 0.3) is 10.4 Å². The Morgan fingerprint density at radius 3 is 2.43 bits per heavy atom. The van der Waals surface area contributed by atoms with Crippen molar-refractivity contribution < 1.29 is 24.2 Å². The first kappa shape index (κ1) is 21.1. The second-order valence-corrected chi connectivity index (χ2v) is 7.35. The third-order valence-corrected chi connectivity index (χ3v) is 5.39. The van der Waals surface area contributed by atoms with Crippen molar-refractivity contribution in [2.24, 2.45) is 0 Å². The van der Waals surface area contributed by atoms with Gasteiger partial charge in [-0.15, -0.1) is 6.58 Å². The van der Waals surface area contributed by atoms with E-state index in [1.807, 2.05) is 42.5 Å². The number of methoxy groups -OCH3 is 1. The standard InChI is InChI=1S/C23H21NO5S/c1-3-13-24(21(25)14-16-9-11-18(28-2)12-10-16)19-15-20(17-7-5-4-6-8-17)30-22(19)29-23(26)27/h3-12,15H,1,13-14H2,2H3,(H,26,27). The first-order chi connectivity index (χ1) is 14.5. The molecule has 1 heterocycles. The molecule has 0 bridgehead atoms. The molecule has 0 radical (unpaired) electrons. The maximum absolute atomic E-state index is 13.1. The number of anilines is 1. The van der Waals surface area contributed by atoms with E-state index in [1.165, 1.54) is 16.2 Å². The van der Waals surface area contributed by atoms with Crippen molar-refractivity contribution in [3.8, 4) is 21.3 Å². The quantitative estimate of drug-likeness (QED) is 0.396. The van der Waals surface area contributed by atoms with Crippen LogP contribution in [0.5, 0.6) is 10.8 Å². The minimum atomic E-state index is -1.43. The Balaban J connectivity index is 1.94. The summed E-state index contributed by atoms with van der Waals surface area (Å²) in [7, 11) is 1.58. The van der Waals surface area contributed by atoms with Crippen molar-refractivity contribution in [2.75, 3.05) is 18.6 Å². The number of ether oxygens (including phenoxy) is 2. The van der Waals surface area contributed by atoms with E-state index in [0.717, 1.165) is 16.0 Å². The van der Waals surface area contributed by atoms with Gasteiger partial charge in [-0.25, -0.2) is 4.79 Å². The Morgan fingerprint density at radius 2 is 1.83 bits per heavy atom. The van der Waals surface area contributed by atoms with Crippen LogP contribution in [0.2, 0.25) is 0 Å². The van der Waals surface area contributed by atoms with E-state index in [4.69, 9.17) is 14.6 Å². The van der Waals surface area contributed by atoms with Gasteiger partial charge >= 0.3 is 6.16 Å². The van der Waals surface area contributed by atoms with Gasteiger partial charge in [-0.2, -0.15) is 0 Å². The molecule has 1 N–H and O–H groups in total. The molecular weight excluding hydrogens is 402 g/mol. The molecule has 3 aromatic rings. The molecule has 0 atom stereocenters. The number of carbonyl (C=O) groups is 2. The summed E-state index contributed by atoms with van der Waals surface area (Å²) in [4.78, 5) is 26.6. The van der Waals surface area contributed by atoms with Crippen molar-refractivity contribution in [2.45, 2.75) is 6.42 Å². The number of carboxylic acid groups (broad SMARTS) is 1. The van der Waals surface area contributed by atoms with Crippen molar-refractivity contribution >= 4 is 29.1 Å². The van der Waals surface area contributed by atoms with E-state index in [9.17, 15) is 9.59 Å². The van der Waals surface area contributed by atoms with Gasteiger partial charge in [0.05, 0.1) is 19.2 Å². The van der Waals surface area contributed by atoms with Crippen LogP contribution in [0.4, 0.5) is 10.5 Å². The number of benzene rings is 2. The molecule has 0 unspecified atom stereocenters. The highest BCUT2D eigenvalue weighted by Gasteiger charge is 2.24. The summed E-state index contributed by atoms with van der Waals surface area (Å²) in [6.07, 6.45) is 0.302. The molecule has 0 fully saturated rings. The fourth-order valence-electron chi connectivity index (χ4n) is 2.93. The smallest absolute Gasteiger partial charge is 0.497 e. The summed E-state index contributed by atoms with van der Waals surface area (Å²) in [5.41, 5.74) is 2.12. The van der Waals surface area contributed by atoms with Crippen LogP contribution in [0.15, 0.2) is 73.3 Å². The molecule has 1 amide bonds. The van der Waals surface area contributed by atoms with E-state index in [-0.39, 0.29) is 23.9 Å². The minimum Gasteiger partial charge on any atom is -0.497 e. The van der Waals surface area contributed by atoms with Crippen LogP contribution in [-0.2, 0) is 11.2 Å². The van der Waals surface area contributed by atoms with Gasteiger partial charge in [-0.1, -0.05) is 59.9 Å². The number of carbonyl (C=O) groups excluding carboxylic acids is 1. The first-order valence-electron chi connectivity index (χ1n) is 9.16. The molecule has 1 aromatic heterocycles. The van der Waals surface area contributed by atoms with Gasteiger partial charge in [0, 0.05) is 11.4 Å². The average molecular weight is 423 g/mol. The number of rotatable bonds is 8. The Bertz CT molecular complexity index is 1030. The lowest BCUT2D eigenvalue weighted by Gasteiger charge is -2.21. The molecule has 0 aliphatic carbocycles. The molecule has 0 aliphatic heterocycles. The van der Waals surface area contributed by atoms with Gasteiger partial charge in [-0.05, 0) is 29.3 Å². The highest BCUT2D eigenvalue weighted by molar-refractivity contribution is 7.18. The maximum atomic E-state index is 13.1. The largest absolute Gasteiger partial charge is 0.512 e. The topological polar surface area (TPSA) is 76.1 Å². The Hall–Kier alpha value is -3.58. The summed E-state index contributed by atoms with van der Waals surface area (Å²) >= 11 is 1.18. The van der Waals surface area contributed by atoms with Crippen molar-refractivity contribution in [3.05, 3.63) is 78.9 Å². The Morgan fingerprint density at radius 1 is 1.13 bits per heavy atom. The van der Waals surface area contributed by atoms with Gasteiger partial charge in [0.25, 0.3) is 0 Å². The SMILES string of the molecule is C=CCN(C(=O)Cc1ccc(OC)cc1)c1cc(-c2ccccc2)sc1OC(=O)O. The molecule has 6 nitrogen and oxygen atoms in total. The summed E-state index contributed by atoms with van der Waals surface area (Å²) < 4.78 is 10.1. The summed E-state index contributed by atoms with van der Waals surface area (Å²) in [5.74, 6) is 0.504. The zero-order chi connectivity index (χ0) is 21.5. The second kappa shape index (κ2) is 9.76. The van der Waals surface area contributed by atoms with Crippen LogP contribution in [0.1, 0.15) is 5.56 Å². The summed E-state index contributed by atoms with van der Waals surface area (Å²) in [6, 6.07) is 18.5. The van der Waals surface area contributed by atoms with Crippen molar-refractivity contribution in [3.63, 3.8) is 0 Å². The molecule has 0 spiro atoms. The van der Waals surface area contributed by atoms with Crippen molar-refractivity contribution in [1.82, 2.24) is 0 Å². The number of thiophene rings is 1. The lowest BCUT2D eigenvalue weighted by Crippen LogP contribution is -2.32. The van der Waals surface area contributed by atoms with Crippen LogP contribution >= 0.6 is 11.3 Å². The van der Waals surface area contributed by atoms with Gasteiger partial charge in [0.2, 0.25) is 11.0 Å². The fourth-order valence-corrected chi connectivity index (χ4v) is 3.94. The molecule has 0 saturated carbocycles. The molecule has 7 heteroatoms. The summed E-state index contributed by atoms with van der Waals surface area (Å²) in [6.45, 7) is 3.95. The third-order valence-electron chi connectivity index (χ3n) is 4.34. The molecule has 154 valence electrons. The van der Waals surface area contributed by atoms with E-state index < -0.39 is 6.16 Å². The Kier molecular flexibility index (Phi) is 6.87. The number of hydrogen-bond acceptors (Lipinski definition) is 5. The maximum Gasteiger partial charge on any atom is 0.512 e. The highest BCUT2D eigenvalue weighted by atomic mass is 32.1. The monoisotopic (exact) mass is 423 g/mol. The molecule has 3 rings (SSSR count). The summed E-state index contributed by atoms with van der Waals surface area (Å²) in [5, 5.41) is 9.30. The lowest BCUT2D eigenvalue weighted by molar-refractivity contribution is -0.117. The molecule has 30 heavy (non-hydrogen) atoms. The predicted molar refractivity (Wildman–Crippen MR) is 118 cm³/mol.